The zero-order valence-corrected chi connectivity index (χ0v) is 11.9. The lowest BCUT2D eigenvalue weighted by atomic mass is 9.94. The second-order valence-corrected chi connectivity index (χ2v) is 5.13. The average Bonchev–Trinajstić information content (AvgIpc) is 2.38. The first-order chi connectivity index (χ1) is 8.74. The molecule has 0 fully saturated rings. The molecule has 1 aromatic rings. The Kier molecular flexibility index (Phi) is 7.22. The molecule has 0 bridgehead atoms. The summed E-state index contributed by atoms with van der Waals surface area (Å²) in [6.45, 7) is 8.53. The highest BCUT2D eigenvalue weighted by Gasteiger charge is 2.10. The van der Waals surface area contributed by atoms with Gasteiger partial charge in [-0.1, -0.05) is 44.2 Å². The van der Waals surface area contributed by atoms with Gasteiger partial charge in [-0.2, -0.15) is 0 Å². The number of rotatable bonds is 7. The van der Waals surface area contributed by atoms with E-state index in [4.69, 9.17) is 0 Å². The SMILES string of the molecule is CC#CCCC(CNCC(C)C)c1ccccc1. The zero-order chi connectivity index (χ0) is 13.2. The number of hydrogen-bond donors (Lipinski definition) is 1. The molecule has 0 amide bonds. The van der Waals surface area contributed by atoms with Crippen molar-refractivity contribution in [3.05, 3.63) is 35.9 Å². The van der Waals surface area contributed by atoms with Gasteiger partial charge in [0.2, 0.25) is 0 Å². The Balaban J connectivity index is 2.54. The summed E-state index contributed by atoms with van der Waals surface area (Å²) >= 11 is 0. The van der Waals surface area contributed by atoms with E-state index < -0.39 is 0 Å². The van der Waals surface area contributed by atoms with Crippen molar-refractivity contribution in [1.29, 1.82) is 0 Å². The molecule has 0 saturated carbocycles. The minimum Gasteiger partial charge on any atom is -0.316 e. The highest BCUT2D eigenvalue weighted by atomic mass is 14.9. The second-order valence-electron chi connectivity index (χ2n) is 5.13. The molecule has 1 aromatic carbocycles. The fourth-order valence-corrected chi connectivity index (χ4v) is 2.03. The van der Waals surface area contributed by atoms with E-state index in [0.29, 0.717) is 11.8 Å². The second kappa shape index (κ2) is 8.78. The van der Waals surface area contributed by atoms with E-state index in [0.717, 1.165) is 25.9 Å². The molecule has 0 aliphatic carbocycles. The van der Waals surface area contributed by atoms with E-state index in [-0.39, 0.29) is 0 Å². The summed E-state index contributed by atoms with van der Waals surface area (Å²) in [7, 11) is 0. The van der Waals surface area contributed by atoms with Crippen LogP contribution >= 0.6 is 0 Å². The molecule has 0 heterocycles. The standard InChI is InChI=1S/C17H25N/c1-4-5-7-12-17(14-18-13-15(2)3)16-10-8-6-9-11-16/h6,8-11,15,17-18H,7,12-14H2,1-3H3. The molecule has 98 valence electrons. The molecule has 0 aliphatic heterocycles. The topological polar surface area (TPSA) is 12.0 Å². The monoisotopic (exact) mass is 243 g/mol. The van der Waals surface area contributed by atoms with Crippen molar-refractivity contribution >= 4 is 0 Å². The van der Waals surface area contributed by atoms with Gasteiger partial charge in [0.15, 0.2) is 0 Å². The van der Waals surface area contributed by atoms with Crippen molar-refractivity contribution < 1.29 is 0 Å². The lowest BCUT2D eigenvalue weighted by molar-refractivity contribution is 0.503. The van der Waals surface area contributed by atoms with Gasteiger partial charge in [0.1, 0.15) is 0 Å². The molecule has 1 nitrogen and oxygen atoms in total. The number of nitrogens with one attached hydrogen (secondary N) is 1. The van der Waals surface area contributed by atoms with E-state index in [9.17, 15) is 0 Å². The fourth-order valence-electron chi connectivity index (χ4n) is 2.03. The smallest absolute Gasteiger partial charge is 0.00948 e. The van der Waals surface area contributed by atoms with Crippen LogP contribution in [-0.2, 0) is 0 Å². The van der Waals surface area contributed by atoms with Gasteiger partial charge in [-0.05, 0) is 37.3 Å². The minimum atomic E-state index is 0.575. The summed E-state index contributed by atoms with van der Waals surface area (Å²) in [5, 5.41) is 3.56. The summed E-state index contributed by atoms with van der Waals surface area (Å²) < 4.78 is 0. The van der Waals surface area contributed by atoms with Gasteiger partial charge in [-0.15, -0.1) is 11.8 Å². The molecule has 1 atom stereocenters. The van der Waals surface area contributed by atoms with E-state index in [1.165, 1.54) is 5.56 Å². The Morgan fingerprint density at radius 1 is 1.11 bits per heavy atom. The van der Waals surface area contributed by atoms with Crippen LogP contribution in [0.15, 0.2) is 30.3 Å². The van der Waals surface area contributed by atoms with E-state index in [1.54, 1.807) is 0 Å². The molecule has 1 N–H and O–H groups in total. The molecule has 1 unspecified atom stereocenters. The first-order valence-electron chi connectivity index (χ1n) is 6.89. The molecular weight excluding hydrogens is 218 g/mol. The predicted molar refractivity (Wildman–Crippen MR) is 79.6 cm³/mol. The van der Waals surface area contributed by atoms with Crippen LogP contribution in [0, 0.1) is 17.8 Å². The molecule has 1 heteroatoms. The van der Waals surface area contributed by atoms with Gasteiger partial charge >= 0.3 is 0 Å². The zero-order valence-electron chi connectivity index (χ0n) is 11.9. The van der Waals surface area contributed by atoms with Crippen LogP contribution in [0.3, 0.4) is 0 Å². The van der Waals surface area contributed by atoms with Crippen molar-refractivity contribution in [1.82, 2.24) is 5.32 Å². The van der Waals surface area contributed by atoms with E-state index in [2.05, 4.69) is 61.3 Å². The van der Waals surface area contributed by atoms with Crippen LogP contribution in [-0.4, -0.2) is 13.1 Å². The molecule has 1 rings (SSSR count). The van der Waals surface area contributed by atoms with Gasteiger partial charge in [0.05, 0.1) is 0 Å². The lowest BCUT2D eigenvalue weighted by Gasteiger charge is -2.18. The Morgan fingerprint density at radius 3 is 2.44 bits per heavy atom. The Morgan fingerprint density at radius 2 is 1.83 bits per heavy atom. The van der Waals surface area contributed by atoms with Crippen molar-refractivity contribution in [3.63, 3.8) is 0 Å². The summed E-state index contributed by atoms with van der Waals surface area (Å²) in [6.07, 6.45) is 2.12. The van der Waals surface area contributed by atoms with E-state index in [1.807, 2.05) is 6.92 Å². The fraction of sp³-hybridized carbons (Fsp3) is 0.529. The first-order valence-corrected chi connectivity index (χ1v) is 6.89. The molecule has 0 radical (unpaired) electrons. The molecule has 18 heavy (non-hydrogen) atoms. The van der Waals surface area contributed by atoms with Crippen molar-refractivity contribution in [2.75, 3.05) is 13.1 Å². The highest BCUT2D eigenvalue weighted by molar-refractivity contribution is 5.20. The van der Waals surface area contributed by atoms with Crippen LogP contribution in [0.2, 0.25) is 0 Å². The first kappa shape index (κ1) is 14.8. The summed E-state index contributed by atoms with van der Waals surface area (Å²) in [4.78, 5) is 0. The molecule has 0 saturated heterocycles. The third-order valence-corrected chi connectivity index (χ3v) is 3.01. The third-order valence-electron chi connectivity index (χ3n) is 3.01. The highest BCUT2D eigenvalue weighted by Crippen LogP contribution is 2.20. The molecule has 0 spiro atoms. The van der Waals surface area contributed by atoms with Crippen LogP contribution in [0.25, 0.3) is 0 Å². The normalized spacial score (nSPS) is 12.0. The quantitative estimate of drug-likeness (QED) is 0.718. The average molecular weight is 243 g/mol. The third kappa shape index (κ3) is 5.89. The van der Waals surface area contributed by atoms with Crippen LogP contribution in [0.1, 0.15) is 45.1 Å². The maximum absolute atomic E-state index is 3.56. The Hall–Kier alpha value is -1.26. The number of benzene rings is 1. The maximum Gasteiger partial charge on any atom is 0.00948 e. The minimum absolute atomic E-state index is 0.575. The van der Waals surface area contributed by atoms with Crippen LogP contribution in [0.4, 0.5) is 0 Å². The number of hydrogen-bond acceptors (Lipinski definition) is 1. The van der Waals surface area contributed by atoms with Gasteiger partial charge in [-0.25, -0.2) is 0 Å². The van der Waals surface area contributed by atoms with Gasteiger partial charge < -0.3 is 5.32 Å². The summed E-state index contributed by atoms with van der Waals surface area (Å²) in [5.74, 6) is 7.43. The summed E-state index contributed by atoms with van der Waals surface area (Å²) in [6, 6.07) is 10.8. The van der Waals surface area contributed by atoms with Crippen molar-refractivity contribution in [3.8, 4) is 11.8 Å². The van der Waals surface area contributed by atoms with Crippen molar-refractivity contribution in [2.24, 2.45) is 5.92 Å². The largest absolute Gasteiger partial charge is 0.316 e. The van der Waals surface area contributed by atoms with Gasteiger partial charge in [0.25, 0.3) is 0 Å². The van der Waals surface area contributed by atoms with E-state index >= 15 is 0 Å². The maximum atomic E-state index is 3.56. The lowest BCUT2D eigenvalue weighted by Crippen LogP contribution is -2.25. The molecular formula is C17H25N. The summed E-state index contributed by atoms with van der Waals surface area (Å²) in [5.41, 5.74) is 1.42. The Bertz CT molecular complexity index is 370. The predicted octanol–water partition coefficient (Wildman–Crippen LogP) is 3.82. The van der Waals surface area contributed by atoms with Crippen LogP contribution < -0.4 is 5.32 Å². The molecule has 0 aliphatic rings. The van der Waals surface area contributed by atoms with Gasteiger partial charge in [-0.3, -0.25) is 0 Å². The molecule has 0 aromatic heterocycles. The van der Waals surface area contributed by atoms with Gasteiger partial charge in [0, 0.05) is 13.0 Å². The van der Waals surface area contributed by atoms with Crippen molar-refractivity contribution in [2.45, 2.75) is 39.5 Å². The Labute approximate surface area is 112 Å². The van der Waals surface area contributed by atoms with Crippen LogP contribution in [0.5, 0.6) is 0 Å².